The molecule has 1 fully saturated rings. The van der Waals surface area contributed by atoms with Crippen molar-refractivity contribution in [2.45, 2.75) is 11.8 Å². The van der Waals surface area contributed by atoms with E-state index in [1.807, 2.05) is 0 Å². The van der Waals surface area contributed by atoms with Crippen LogP contribution in [-0.2, 0) is 14.8 Å². The maximum atomic E-state index is 12.5. The number of aryl methyl sites for hydroxylation is 1. The van der Waals surface area contributed by atoms with Crippen molar-refractivity contribution in [3.05, 3.63) is 21.3 Å². The summed E-state index contributed by atoms with van der Waals surface area (Å²) in [5, 5.41) is 12.8. The van der Waals surface area contributed by atoms with Gasteiger partial charge in [-0.2, -0.15) is 4.31 Å². The number of carbonyl (C=O) groups excluding carboxylic acids is 1. The van der Waals surface area contributed by atoms with Crippen LogP contribution in [0.3, 0.4) is 0 Å². The van der Waals surface area contributed by atoms with E-state index in [1.165, 1.54) is 27.1 Å². The largest absolute Gasteiger partial charge is 0.379 e. The van der Waals surface area contributed by atoms with Crippen LogP contribution < -0.4 is 5.32 Å². The Balaban J connectivity index is 1.75. The first-order valence-electron chi connectivity index (χ1n) is 6.75. The number of nitrogens with one attached hydrogen (secondary N) is 1. The SMILES string of the molecule is Cc1nnc(NC(=O)c2cc(S(=O)(=O)N3CCOCC3)cs2)s1. The first-order chi connectivity index (χ1) is 11.0. The average Bonchev–Trinajstić information content (AvgIpc) is 3.18. The normalized spacial score (nSPS) is 16.4. The second-order valence-electron chi connectivity index (χ2n) is 4.74. The van der Waals surface area contributed by atoms with Crippen molar-refractivity contribution >= 4 is 43.7 Å². The molecule has 23 heavy (non-hydrogen) atoms. The summed E-state index contributed by atoms with van der Waals surface area (Å²) in [6.07, 6.45) is 0. The third-order valence-electron chi connectivity index (χ3n) is 3.15. The number of sulfonamides is 1. The highest BCUT2D eigenvalue weighted by Gasteiger charge is 2.28. The zero-order chi connectivity index (χ0) is 16.4. The number of anilines is 1. The van der Waals surface area contributed by atoms with Crippen molar-refractivity contribution < 1.29 is 17.9 Å². The van der Waals surface area contributed by atoms with E-state index in [0.717, 1.165) is 16.3 Å². The van der Waals surface area contributed by atoms with Gasteiger partial charge in [0.15, 0.2) is 0 Å². The van der Waals surface area contributed by atoms with Gasteiger partial charge in [0.05, 0.1) is 23.0 Å². The van der Waals surface area contributed by atoms with E-state index in [-0.39, 0.29) is 4.90 Å². The quantitative estimate of drug-likeness (QED) is 0.862. The van der Waals surface area contributed by atoms with E-state index >= 15 is 0 Å². The van der Waals surface area contributed by atoms with Gasteiger partial charge < -0.3 is 4.74 Å². The number of hydrogen-bond donors (Lipinski definition) is 1. The maximum Gasteiger partial charge on any atom is 0.267 e. The molecule has 0 aliphatic carbocycles. The van der Waals surface area contributed by atoms with Gasteiger partial charge in [0, 0.05) is 18.5 Å². The fourth-order valence-electron chi connectivity index (χ4n) is 2.01. The Labute approximate surface area is 141 Å². The summed E-state index contributed by atoms with van der Waals surface area (Å²) >= 11 is 2.34. The van der Waals surface area contributed by atoms with E-state index in [0.29, 0.717) is 36.3 Å². The molecule has 2 aromatic heterocycles. The molecular formula is C12H14N4O4S3. The Morgan fingerprint density at radius 2 is 2.09 bits per heavy atom. The molecule has 0 aromatic carbocycles. The molecule has 0 bridgehead atoms. The van der Waals surface area contributed by atoms with Gasteiger partial charge in [0.25, 0.3) is 5.91 Å². The first-order valence-corrected chi connectivity index (χ1v) is 9.88. The van der Waals surface area contributed by atoms with Crippen molar-refractivity contribution in [1.82, 2.24) is 14.5 Å². The van der Waals surface area contributed by atoms with Crippen molar-refractivity contribution in [2.75, 3.05) is 31.6 Å². The summed E-state index contributed by atoms with van der Waals surface area (Å²) in [4.78, 5) is 12.6. The molecule has 11 heteroatoms. The Morgan fingerprint density at radius 1 is 1.35 bits per heavy atom. The van der Waals surface area contributed by atoms with Gasteiger partial charge in [-0.25, -0.2) is 8.42 Å². The molecule has 1 N–H and O–H groups in total. The van der Waals surface area contributed by atoms with E-state index in [4.69, 9.17) is 4.74 Å². The molecule has 1 aliphatic heterocycles. The second kappa shape index (κ2) is 6.61. The third-order valence-corrected chi connectivity index (χ3v) is 6.86. The summed E-state index contributed by atoms with van der Waals surface area (Å²) in [6, 6.07) is 1.39. The number of rotatable bonds is 4. The molecule has 8 nitrogen and oxygen atoms in total. The lowest BCUT2D eigenvalue weighted by molar-refractivity contribution is 0.0730. The minimum Gasteiger partial charge on any atom is -0.379 e. The fraction of sp³-hybridized carbons (Fsp3) is 0.417. The molecule has 0 spiro atoms. The number of aromatic nitrogens is 2. The molecule has 1 saturated heterocycles. The third kappa shape index (κ3) is 3.58. The molecule has 124 valence electrons. The van der Waals surface area contributed by atoms with Gasteiger partial charge in [-0.1, -0.05) is 11.3 Å². The zero-order valence-electron chi connectivity index (χ0n) is 12.2. The van der Waals surface area contributed by atoms with Gasteiger partial charge in [-0.05, 0) is 13.0 Å². The Bertz CT molecular complexity index is 808. The summed E-state index contributed by atoms with van der Waals surface area (Å²) in [7, 11) is -3.59. The van der Waals surface area contributed by atoms with Crippen molar-refractivity contribution in [3.63, 3.8) is 0 Å². The molecule has 3 heterocycles. The van der Waals surface area contributed by atoms with E-state index in [2.05, 4.69) is 15.5 Å². The van der Waals surface area contributed by atoms with Crippen LogP contribution >= 0.6 is 22.7 Å². The molecule has 1 amide bonds. The van der Waals surface area contributed by atoms with Crippen molar-refractivity contribution in [3.8, 4) is 0 Å². The lowest BCUT2D eigenvalue weighted by Crippen LogP contribution is -2.40. The number of amides is 1. The summed E-state index contributed by atoms with van der Waals surface area (Å²) in [6.45, 7) is 3.19. The lowest BCUT2D eigenvalue weighted by Gasteiger charge is -2.25. The molecule has 2 aromatic rings. The summed E-state index contributed by atoms with van der Waals surface area (Å²) < 4.78 is 31.6. The predicted octanol–water partition coefficient (Wildman–Crippen LogP) is 1.18. The number of carbonyl (C=O) groups is 1. The van der Waals surface area contributed by atoms with Crippen LogP contribution in [0.15, 0.2) is 16.3 Å². The van der Waals surface area contributed by atoms with Gasteiger partial charge in [-0.3, -0.25) is 10.1 Å². The molecule has 0 atom stereocenters. The molecule has 1 aliphatic rings. The van der Waals surface area contributed by atoms with Gasteiger partial charge in [-0.15, -0.1) is 21.5 Å². The van der Waals surface area contributed by atoms with Gasteiger partial charge >= 0.3 is 0 Å². The number of hydrogen-bond acceptors (Lipinski definition) is 8. The first kappa shape index (κ1) is 16.5. The van der Waals surface area contributed by atoms with Crippen LogP contribution in [0.1, 0.15) is 14.7 Å². The highest BCUT2D eigenvalue weighted by molar-refractivity contribution is 7.89. The van der Waals surface area contributed by atoms with Crippen LogP contribution in [0.4, 0.5) is 5.13 Å². The van der Waals surface area contributed by atoms with E-state index in [1.54, 1.807) is 6.92 Å². The minimum atomic E-state index is -3.59. The van der Waals surface area contributed by atoms with E-state index < -0.39 is 15.9 Å². The predicted molar refractivity (Wildman–Crippen MR) is 86.5 cm³/mol. The summed E-state index contributed by atoms with van der Waals surface area (Å²) in [5.41, 5.74) is 0. The lowest BCUT2D eigenvalue weighted by atomic mass is 10.4. The van der Waals surface area contributed by atoms with Crippen LogP contribution in [0.25, 0.3) is 0 Å². The fourth-order valence-corrected chi connectivity index (χ4v) is 5.17. The van der Waals surface area contributed by atoms with Crippen molar-refractivity contribution in [2.24, 2.45) is 0 Å². The highest BCUT2D eigenvalue weighted by Crippen LogP contribution is 2.24. The Kier molecular flexibility index (Phi) is 4.73. The molecule has 0 saturated carbocycles. The maximum absolute atomic E-state index is 12.5. The molecule has 0 unspecified atom stereocenters. The second-order valence-corrected chi connectivity index (χ2v) is 8.77. The smallest absolute Gasteiger partial charge is 0.267 e. The van der Waals surface area contributed by atoms with E-state index in [9.17, 15) is 13.2 Å². The standard InChI is InChI=1S/C12H14N4O4S3/c1-8-14-15-12(22-8)13-11(17)10-6-9(7-21-10)23(18,19)16-2-4-20-5-3-16/h6-7H,2-5H2,1H3,(H,13,15,17). The molecule has 0 radical (unpaired) electrons. The number of morpholine rings is 1. The van der Waals surface area contributed by atoms with Crippen LogP contribution in [0.2, 0.25) is 0 Å². The van der Waals surface area contributed by atoms with Gasteiger partial charge in [0.2, 0.25) is 15.2 Å². The van der Waals surface area contributed by atoms with Crippen LogP contribution in [-0.4, -0.2) is 55.1 Å². The number of ether oxygens (including phenoxy) is 1. The molecular weight excluding hydrogens is 360 g/mol. The topological polar surface area (TPSA) is 101 Å². The number of thiophene rings is 1. The monoisotopic (exact) mass is 374 g/mol. The Hall–Kier alpha value is -1.40. The van der Waals surface area contributed by atoms with Gasteiger partial charge in [0.1, 0.15) is 5.01 Å². The van der Waals surface area contributed by atoms with Crippen LogP contribution in [0.5, 0.6) is 0 Å². The molecule has 3 rings (SSSR count). The Morgan fingerprint density at radius 3 is 2.74 bits per heavy atom. The van der Waals surface area contributed by atoms with Crippen molar-refractivity contribution in [1.29, 1.82) is 0 Å². The average molecular weight is 374 g/mol. The zero-order valence-corrected chi connectivity index (χ0v) is 14.6. The number of nitrogens with zero attached hydrogens (tertiary/aromatic N) is 3. The highest BCUT2D eigenvalue weighted by atomic mass is 32.2. The summed E-state index contributed by atoms with van der Waals surface area (Å²) in [5.74, 6) is -0.394. The van der Waals surface area contributed by atoms with Crippen LogP contribution in [0, 0.1) is 6.92 Å². The minimum absolute atomic E-state index is 0.128.